The van der Waals surface area contributed by atoms with Crippen LogP contribution >= 0.6 is 0 Å². The first-order chi connectivity index (χ1) is 12.2. The van der Waals surface area contributed by atoms with E-state index in [0.29, 0.717) is 6.04 Å². The van der Waals surface area contributed by atoms with E-state index in [1.807, 2.05) is 18.2 Å². The maximum Gasteiger partial charge on any atom is 0.322 e. The molecular weight excluding hydrogens is 314 g/mol. The summed E-state index contributed by atoms with van der Waals surface area (Å²) in [6.07, 6.45) is 8.41. The summed E-state index contributed by atoms with van der Waals surface area (Å²) in [6, 6.07) is 8.59. The van der Waals surface area contributed by atoms with Gasteiger partial charge in [0.1, 0.15) is 0 Å². The van der Waals surface area contributed by atoms with E-state index in [1.54, 1.807) is 4.90 Å². The van der Waals surface area contributed by atoms with Crippen molar-refractivity contribution in [2.75, 3.05) is 25.5 Å². The molecule has 5 heteroatoms. The fourth-order valence-electron chi connectivity index (χ4n) is 4.18. The summed E-state index contributed by atoms with van der Waals surface area (Å²) in [4.78, 5) is 16.8. The van der Waals surface area contributed by atoms with Gasteiger partial charge in [-0.3, -0.25) is 4.90 Å². The van der Waals surface area contributed by atoms with Crippen molar-refractivity contribution >= 4 is 11.7 Å². The first kappa shape index (κ1) is 18.2. The van der Waals surface area contributed by atoms with E-state index in [-0.39, 0.29) is 18.7 Å². The molecule has 1 saturated carbocycles. The lowest BCUT2D eigenvalue weighted by atomic mass is 9.94. The molecule has 0 spiro atoms. The Morgan fingerprint density at radius 1 is 1.20 bits per heavy atom. The number of anilines is 1. The van der Waals surface area contributed by atoms with Gasteiger partial charge in [0.2, 0.25) is 0 Å². The minimum Gasteiger partial charge on any atom is -0.394 e. The van der Waals surface area contributed by atoms with Crippen LogP contribution in [-0.4, -0.2) is 53.2 Å². The van der Waals surface area contributed by atoms with Crippen LogP contribution in [0, 0.1) is 0 Å². The van der Waals surface area contributed by atoms with Crippen molar-refractivity contribution in [1.82, 2.24) is 9.80 Å². The molecule has 0 radical (unpaired) electrons. The number of likely N-dealkylation sites (tertiary alicyclic amines) is 1. The molecule has 1 heterocycles. The van der Waals surface area contributed by atoms with E-state index < -0.39 is 0 Å². The fourth-order valence-corrected chi connectivity index (χ4v) is 4.18. The number of nitrogens with one attached hydrogen (secondary N) is 1. The Labute approximate surface area is 151 Å². The third-order valence-electron chi connectivity index (χ3n) is 5.73. The molecule has 0 aromatic heterocycles. The molecule has 2 aliphatic rings. The second-order valence-electron chi connectivity index (χ2n) is 7.47. The van der Waals surface area contributed by atoms with Gasteiger partial charge in [-0.25, -0.2) is 4.79 Å². The SMILES string of the molecule is CN(Cc1ccccc1NC(=O)N1CCC[C@H]1CO)C1CCCCC1. The van der Waals surface area contributed by atoms with Crippen molar-refractivity contribution in [2.45, 2.75) is 63.6 Å². The van der Waals surface area contributed by atoms with E-state index >= 15 is 0 Å². The zero-order chi connectivity index (χ0) is 17.6. The number of aliphatic hydroxyl groups excluding tert-OH is 1. The van der Waals surface area contributed by atoms with Gasteiger partial charge in [-0.05, 0) is 44.4 Å². The lowest BCUT2D eigenvalue weighted by Crippen LogP contribution is -2.40. The average molecular weight is 345 g/mol. The summed E-state index contributed by atoms with van der Waals surface area (Å²) in [7, 11) is 2.19. The van der Waals surface area contributed by atoms with Crippen LogP contribution in [0.4, 0.5) is 10.5 Å². The van der Waals surface area contributed by atoms with E-state index in [9.17, 15) is 9.90 Å². The molecule has 1 aliphatic heterocycles. The molecule has 3 rings (SSSR count). The predicted molar refractivity (Wildman–Crippen MR) is 101 cm³/mol. The van der Waals surface area contributed by atoms with Crippen LogP contribution in [0.2, 0.25) is 0 Å². The zero-order valence-corrected chi connectivity index (χ0v) is 15.3. The number of benzene rings is 1. The summed E-state index contributed by atoms with van der Waals surface area (Å²) in [6.45, 7) is 1.62. The van der Waals surface area contributed by atoms with Crippen LogP contribution in [0.15, 0.2) is 24.3 Å². The van der Waals surface area contributed by atoms with Crippen LogP contribution in [0.3, 0.4) is 0 Å². The Bertz CT molecular complexity index is 572. The average Bonchev–Trinajstić information content (AvgIpc) is 3.13. The summed E-state index contributed by atoms with van der Waals surface area (Å²) >= 11 is 0. The number of nitrogens with zero attached hydrogens (tertiary/aromatic N) is 2. The molecule has 5 nitrogen and oxygen atoms in total. The Morgan fingerprint density at radius 2 is 1.96 bits per heavy atom. The van der Waals surface area contributed by atoms with Crippen molar-refractivity contribution in [2.24, 2.45) is 0 Å². The first-order valence-corrected chi connectivity index (χ1v) is 9.65. The van der Waals surface area contributed by atoms with Gasteiger partial charge in [-0.1, -0.05) is 37.5 Å². The topological polar surface area (TPSA) is 55.8 Å². The van der Waals surface area contributed by atoms with E-state index in [1.165, 1.54) is 32.1 Å². The molecular formula is C20H31N3O2. The van der Waals surface area contributed by atoms with Crippen molar-refractivity contribution < 1.29 is 9.90 Å². The highest BCUT2D eigenvalue weighted by Gasteiger charge is 2.28. The summed E-state index contributed by atoms with van der Waals surface area (Å²) < 4.78 is 0. The number of amides is 2. The maximum atomic E-state index is 12.6. The molecule has 1 aromatic carbocycles. The van der Waals surface area contributed by atoms with Gasteiger partial charge in [0, 0.05) is 24.8 Å². The second-order valence-corrected chi connectivity index (χ2v) is 7.47. The van der Waals surface area contributed by atoms with E-state index in [4.69, 9.17) is 0 Å². The Kier molecular flexibility index (Phi) is 6.32. The Hall–Kier alpha value is -1.59. The molecule has 2 fully saturated rings. The van der Waals surface area contributed by atoms with Crippen molar-refractivity contribution in [3.05, 3.63) is 29.8 Å². The van der Waals surface area contributed by atoms with Crippen molar-refractivity contribution in [1.29, 1.82) is 0 Å². The van der Waals surface area contributed by atoms with Gasteiger partial charge in [0.05, 0.1) is 12.6 Å². The summed E-state index contributed by atoms with van der Waals surface area (Å²) in [5.74, 6) is 0. The molecule has 138 valence electrons. The van der Waals surface area contributed by atoms with Crippen LogP contribution in [0.1, 0.15) is 50.5 Å². The zero-order valence-electron chi connectivity index (χ0n) is 15.3. The number of rotatable bonds is 5. The smallest absolute Gasteiger partial charge is 0.322 e. The largest absolute Gasteiger partial charge is 0.394 e. The normalized spacial score (nSPS) is 21.7. The highest BCUT2D eigenvalue weighted by Crippen LogP contribution is 2.25. The van der Waals surface area contributed by atoms with Crippen molar-refractivity contribution in [3.63, 3.8) is 0 Å². The molecule has 1 aliphatic carbocycles. The third kappa shape index (κ3) is 4.53. The number of hydrogen-bond acceptors (Lipinski definition) is 3. The molecule has 0 unspecified atom stereocenters. The van der Waals surface area contributed by atoms with Gasteiger partial charge >= 0.3 is 6.03 Å². The quantitative estimate of drug-likeness (QED) is 0.859. The lowest BCUT2D eigenvalue weighted by Gasteiger charge is -2.32. The minimum absolute atomic E-state index is 0.0412. The first-order valence-electron chi connectivity index (χ1n) is 9.65. The Morgan fingerprint density at radius 3 is 2.72 bits per heavy atom. The van der Waals surface area contributed by atoms with Gasteiger partial charge in [0.25, 0.3) is 0 Å². The number of carbonyl (C=O) groups is 1. The van der Waals surface area contributed by atoms with Crippen LogP contribution in [-0.2, 0) is 6.54 Å². The number of carbonyl (C=O) groups excluding carboxylic acids is 1. The standard InChI is InChI=1S/C20H31N3O2/c1-22(17-9-3-2-4-10-17)14-16-8-5-6-12-19(16)21-20(25)23-13-7-11-18(23)15-24/h5-6,8,12,17-18,24H,2-4,7,9-11,13-15H2,1H3,(H,21,25)/t18-/m0/s1. The predicted octanol–water partition coefficient (Wildman–Crippen LogP) is 3.44. The molecule has 2 amide bonds. The second kappa shape index (κ2) is 8.68. The molecule has 25 heavy (non-hydrogen) atoms. The third-order valence-corrected chi connectivity index (χ3v) is 5.73. The van der Waals surface area contributed by atoms with Crippen LogP contribution < -0.4 is 5.32 Å². The molecule has 1 saturated heterocycles. The Balaban J connectivity index is 1.65. The highest BCUT2D eigenvalue weighted by atomic mass is 16.3. The minimum atomic E-state index is -0.0932. The fraction of sp³-hybridized carbons (Fsp3) is 0.650. The number of urea groups is 1. The summed E-state index contributed by atoms with van der Waals surface area (Å²) in [5, 5.41) is 12.5. The van der Waals surface area contributed by atoms with Gasteiger partial charge in [0.15, 0.2) is 0 Å². The van der Waals surface area contributed by atoms with E-state index in [0.717, 1.165) is 37.2 Å². The summed E-state index contributed by atoms with van der Waals surface area (Å²) in [5.41, 5.74) is 2.04. The molecule has 2 N–H and O–H groups in total. The number of para-hydroxylation sites is 1. The monoisotopic (exact) mass is 345 g/mol. The van der Waals surface area contributed by atoms with Crippen LogP contribution in [0.25, 0.3) is 0 Å². The number of hydrogen-bond donors (Lipinski definition) is 2. The van der Waals surface area contributed by atoms with Crippen molar-refractivity contribution in [3.8, 4) is 0 Å². The van der Waals surface area contributed by atoms with Gasteiger partial charge in [-0.15, -0.1) is 0 Å². The molecule has 0 bridgehead atoms. The lowest BCUT2D eigenvalue weighted by molar-refractivity contribution is 0.166. The number of aliphatic hydroxyl groups is 1. The van der Waals surface area contributed by atoms with Gasteiger partial charge in [-0.2, -0.15) is 0 Å². The molecule has 1 atom stereocenters. The maximum absolute atomic E-state index is 12.6. The highest BCUT2D eigenvalue weighted by molar-refractivity contribution is 5.90. The van der Waals surface area contributed by atoms with Gasteiger partial charge < -0.3 is 15.3 Å². The van der Waals surface area contributed by atoms with E-state index in [2.05, 4.69) is 23.3 Å². The van der Waals surface area contributed by atoms with Crippen LogP contribution in [0.5, 0.6) is 0 Å². The molecule has 1 aromatic rings.